The van der Waals surface area contributed by atoms with E-state index in [-0.39, 0.29) is 11.7 Å². The van der Waals surface area contributed by atoms with Crippen molar-refractivity contribution in [3.8, 4) is 0 Å². The van der Waals surface area contributed by atoms with Crippen molar-refractivity contribution in [1.82, 2.24) is 0 Å². The summed E-state index contributed by atoms with van der Waals surface area (Å²) in [6, 6.07) is 1.27. The van der Waals surface area contributed by atoms with Crippen molar-refractivity contribution in [2.45, 2.75) is 38.8 Å². The summed E-state index contributed by atoms with van der Waals surface area (Å²) < 4.78 is 44.7. The minimum Gasteiger partial charge on any atom is -0.380 e. The van der Waals surface area contributed by atoms with Crippen LogP contribution in [0, 0.1) is 17.5 Å². The average Bonchev–Trinajstić information content (AvgIpc) is 2.24. The van der Waals surface area contributed by atoms with Gasteiger partial charge in [-0.15, -0.1) is 0 Å². The fourth-order valence-corrected chi connectivity index (χ4v) is 1.80. The normalized spacial score (nSPS) is 13.5. The van der Waals surface area contributed by atoms with Crippen LogP contribution in [0.4, 0.5) is 18.9 Å². The summed E-state index contributed by atoms with van der Waals surface area (Å²) in [6.07, 6.45) is 0.571. The summed E-state index contributed by atoms with van der Waals surface area (Å²) in [4.78, 5) is 0. The highest BCUT2D eigenvalue weighted by atomic mass is 19.2. The molecule has 102 valence electrons. The lowest BCUT2D eigenvalue weighted by Crippen LogP contribution is -2.31. The predicted molar refractivity (Wildman–Crippen MR) is 65.1 cm³/mol. The lowest BCUT2D eigenvalue weighted by Gasteiger charge is -2.27. The van der Waals surface area contributed by atoms with Crippen LogP contribution in [0.15, 0.2) is 12.1 Å². The van der Waals surface area contributed by atoms with E-state index in [1.54, 1.807) is 14.0 Å². The van der Waals surface area contributed by atoms with E-state index in [4.69, 9.17) is 4.74 Å². The van der Waals surface area contributed by atoms with Gasteiger partial charge in [-0.3, -0.25) is 0 Å². The standard InChI is InChI=1S/C13H18F3NO/c1-8(7-13(2,3)18-4)17-11-6-9(14)5-10(15)12(11)16/h5-6,8,17H,7H2,1-4H3. The van der Waals surface area contributed by atoms with E-state index >= 15 is 0 Å². The molecule has 0 bridgehead atoms. The molecular formula is C13H18F3NO. The number of halogens is 3. The maximum absolute atomic E-state index is 13.4. The van der Waals surface area contributed by atoms with E-state index < -0.39 is 23.1 Å². The van der Waals surface area contributed by atoms with Crippen molar-refractivity contribution in [1.29, 1.82) is 0 Å². The Morgan fingerprint density at radius 2 is 1.89 bits per heavy atom. The number of nitrogens with one attached hydrogen (secondary N) is 1. The third-order valence-electron chi connectivity index (χ3n) is 2.75. The lowest BCUT2D eigenvalue weighted by molar-refractivity contribution is 0.0127. The molecule has 2 nitrogen and oxygen atoms in total. The fourth-order valence-electron chi connectivity index (χ4n) is 1.80. The first kappa shape index (κ1) is 14.8. The molecule has 0 aliphatic rings. The van der Waals surface area contributed by atoms with Gasteiger partial charge in [0, 0.05) is 25.3 Å². The zero-order valence-electron chi connectivity index (χ0n) is 11.0. The Labute approximate surface area is 105 Å². The highest BCUT2D eigenvalue weighted by Gasteiger charge is 2.21. The van der Waals surface area contributed by atoms with Crippen molar-refractivity contribution in [2.75, 3.05) is 12.4 Å². The zero-order valence-corrected chi connectivity index (χ0v) is 11.0. The maximum atomic E-state index is 13.4. The van der Waals surface area contributed by atoms with Gasteiger partial charge in [0.25, 0.3) is 0 Å². The summed E-state index contributed by atoms with van der Waals surface area (Å²) >= 11 is 0. The van der Waals surface area contributed by atoms with Gasteiger partial charge in [-0.1, -0.05) is 0 Å². The molecule has 1 aromatic rings. The number of hydrogen-bond donors (Lipinski definition) is 1. The molecule has 1 N–H and O–H groups in total. The van der Waals surface area contributed by atoms with E-state index in [1.807, 2.05) is 13.8 Å². The molecule has 18 heavy (non-hydrogen) atoms. The molecule has 0 saturated heterocycles. The first-order chi connectivity index (χ1) is 8.25. The van der Waals surface area contributed by atoms with Crippen LogP contribution in [0.2, 0.25) is 0 Å². The second-order valence-electron chi connectivity index (χ2n) is 4.96. The molecule has 1 aromatic carbocycles. The number of anilines is 1. The number of rotatable bonds is 5. The summed E-state index contributed by atoms with van der Waals surface area (Å²) in [5, 5.41) is 2.75. The second-order valence-corrected chi connectivity index (χ2v) is 4.96. The van der Waals surface area contributed by atoms with Crippen LogP contribution in [-0.4, -0.2) is 18.8 Å². The molecule has 0 aliphatic heterocycles. The smallest absolute Gasteiger partial charge is 0.182 e. The Bertz CT molecular complexity index is 421. The molecule has 1 unspecified atom stereocenters. The van der Waals surface area contributed by atoms with E-state index in [2.05, 4.69) is 5.32 Å². The maximum Gasteiger partial charge on any atom is 0.182 e. The lowest BCUT2D eigenvalue weighted by atomic mass is 9.99. The van der Waals surface area contributed by atoms with Crippen LogP contribution in [0.25, 0.3) is 0 Å². The van der Waals surface area contributed by atoms with Gasteiger partial charge >= 0.3 is 0 Å². The van der Waals surface area contributed by atoms with Crippen LogP contribution in [0.1, 0.15) is 27.2 Å². The minimum absolute atomic E-state index is 0.174. The molecule has 1 atom stereocenters. The van der Waals surface area contributed by atoms with Gasteiger partial charge in [0.2, 0.25) is 0 Å². The molecule has 0 aromatic heterocycles. The third-order valence-corrected chi connectivity index (χ3v) is 2.75. The zero-order chi connectivity index (χ0) is 13.9. The second kappa shape index (κ2) is 5.61. The van der Waals surface area contributed by atoms with E-state index in [0.717, 1.165) is 6.07 Å². The first-order valence-corrected chi connectivity index (χ1v) is 5.71. The van der Waals surface area contributed by atoms with Crippen molar-refractivity contribution in [3.05, 3.63) is 29.6 Å². The van der Waals surface area contributed by atoms with E-state index in [1.165, 1.54) is 0 Å². The minimum atomic E-state index is -1.20. The van der Waals surface area contributed by atoms with Gasteiger partial charge in [0.1, 0.15) is 5.82 Å². The summed E-state index contributed by atoms with van der Waals surface area (Å²) in [5.41, 5.74) is -0.568. The van der Waals surface area contributed by atoms with Gasteiger partial charge in [-0.25, -0.2) is 13.2 Å². The van der Waals surface area contributed by atoms with Crippen LogP contribution in [0.5, 0.6) is 0 Å². The molecule has 0 fully saturated rings. The Morgan fingerprint density at radius 3 is 2.44 bits per heavy atom. The molecule has 0 spiro atoms. The first-order valence-electron chi connectivity index (χ1n) is 5.71. The molecular weight excluding hydrogens is 243 g/mol. The highest BCUT2D eigenvalue weighted by molar-refractivity contribution is 5.46. The highest BCUT2D eigenvalue weighted by Crippen LogP contribution is 2.23. The Balaban J connectivity index is 2.79. The van der Waals surface area contributed by atoms with Crippen molar-refractivity contribution < 1.29 is 17.9 Å². The van der Waals surface area contributed by atoms with Crippen molar-refractivity contribution in [2.24, 2.45) is 0 Å². The Hall–Kier alpha value is -1.23. The van der Waals surface area contributed by atoms with Crippen molar-refractivity contribution in [3.63, 3.8) is 0 Å². The number of hydrogen-bond acceptors (Lipinski definition) is 2. The largest absolute Gasteiger partial charge is 0.380 e. The predicted octanol–water partition coefficient (Wildman–Crippen LogP) is 3.72. The number of methoxy groups -OCH3 is 1. The number of benzene rings is 1. The van der Waals surface area contributed by atoms with E-state index in [9.17, 15) is 13.2 Å². The monoisotopic (exact) mass is 261 g/mol. The Morgan fingerprint density at radius 1 is 1.28 bits per heavy atom. The molecule has 0 heterocycles. The SMILES string of the molecule is COC(C)(C)CC(C)Nc1cc(F)cc(F)c1F. The van der Waals surface area contributed by atoms with Gasteiger partial charge in [0.05, 0.1) is 11.3 Å². The van der Waals surface area contributed by atoms with Crippen LogP contribution in [0.3, 0.4) is 0 Å². The fraction of sp³-hybridized carbons (Fsp3) is 0.538. The van der Waals surface area contributed by atoms with Gasteiger partial charge < -0.3 is 10.1 Å². The Kier molecular flexibility index (Phi) is 4.62. The summed E-state index contributed by atoms with van der Waals surface area (Å²) in [5.74, 6) is -3.08. The topological polar surface area (TPSA) is 21.3 Å². The van der Waals surface area contributed by atoms with Crippen LogP contribution < -0.4 is 5.32 Å². The molecule has 0 aliphatic carbocycles. The average molecular weight is 261 g/mol. The number of ether oxygens (including phenoxy) is 1. The van der Waals surface area contributed by atoms with Crippen LogP contribution >= 0.6 is 0 Å². The summed E-state index contributed by atoms with van der Waals surface area (Å²) in [7, 11) is 1.58. The molecule has 1 rings (SSSR count). The van der Waals surface area contributed by atoms with E-state index in [0.29, 0.717) is 12.5 Å². The molecule has 0 saturated carbocycles. The quantitative estimate of drug-likeness (QED) is 0.816. The summed E-state index contributed by atoms with van der Waals surface area (Å²) in [6.45, 7) is 5.56. The van der Waals surface area contributed by atoms with Crippen molar-refractivity contribution >= 4 is 5.69 Å². The van der Waals surface area contributed by atoms with Gasteiger partial charge in [-0.2, -0.15) is 0 Å². The molecule has 0 radical (unpaired) electrons. The third kappa shape index (κ3) is 3.91. The van der Waals surface area contributed by atoms with Crippen LogP contribution in [-0.2, 0) is 4.74 Å². The van der Waals surface area contributed by atoms with Gasteiger partial charge in [0.15, 0.2) is 11.6 Å². The van der Waals surface area contributed by atoms with Gasteiger partial charge in [-0.05, 0) is 27.2 Å². The molecule has 0 amide bonds. The molecule has 5 heteroatoms.